The van der Waals surface area contributed by atoms with Crippen molar-refractivity contribution in [2.24, 2.45) is 7.05 Å². The number of morpholine rings is 1. The van der Waals surface area contributed by atoms with Gasteiger partial charge in [-0.05, 0) is 6.92 Å². The van der Waals surface area contributed by atoms with Crippen molar-refractivity contribution >= 4 is 21.8 Å². The lowest BCUT2D eigenvalue weighted by Crippen LogP contribution is -2.46. The van der Waals surface area contributed by atoms with Crippen LogP contribution in [-0.4, -0.2) is 51.7 Å². The molecule has 2 rings (SSSR count). The average molecular weight is 302 g/mol. The van der Waals surface area contributed by atoms with Crippen LogP contribution >= 0.6 is 15.9 Å². The summed E-state index contributed by atoms with van der Waals surface area (Å²) in [4.78, 5) is 14.1. The van der Waals surface area contributed by atoms with Gasteiger partial charge in [0.1, 0.15) is 0 Å². The second-order valence-electron chi connectivity index (χ2n) is 4.17. The molecule has 0 spiro atoms. The molecule has 0 radical (unpaired) electrons. The Morgan fingerprint density at radius 1 is 1.71 bits per heavy atom. The van der Waals surface area contributed by atoms with E-state index in [4.69, 9.17) is 4.74 Å². The summed E-state index contributed by atoms with van der Waals surface area (Å²) in [5.74, 6) is 0.0462. The molecular weight excluding hydrogens is 286 g/mol. The van der Waals surface area contributed by atoms with Crippen molar-refractivity contribution in [3.63, 3.8) is 0 Å². The molecular formula is C11H16BrN3O2. The van der Waals surface area contributed by atoms with Gasteiger partial charge in [0, 0.05) is 31.2 Å². The fraction of sp³-hybridized carbons (Fsp3) is 0.636. The zero-order valence-corrected chi connectivity index (χ0v) is 11.6. The van der Waals surface area contributed by atoms with Gasteiger partial charge in [-0.15, -0.1) is 0 Å². The minimum atomic E-state index is 0.0462. The van der Waals surface area contributed by atoms with Crippen LogP contribution in [-0.2, 0) is 11.8 Å². The highest BCUT2D eigenvalue weighted by Crippen LogP contribution is 2.14. The number of halogens is 1. The van der Waals surface area contributed by atoms with Crippen LogP contribution in [0, 0.1) is 6.92 Å². The molecule has 1 amide bonds. The van der Waals surface area contributed by atoms with E-state index in [1.165, 1.54) is 0 Å². The van der Waals surface area contributed by atoms with Crippen molar-refractivity contribution in [2.45, 2.75) is 13.0 Å². The smallest absolute Gasteiger partial charge is 0.257 e. The van der Waals surface area contributed by atoms with Crippen molar-refractivity contribution in [1.29, 1.82) is 0 Å². The Morgan fingerprint density at radius 2 is 2.47 bits per heavy atom. The van der Waals surface area contributed by atoms with E-state index < -0.39 is 0 Å². The van der Waals surface area contributed by atoms with E-state index in [1.54, 1.807) is 10.9 Å². The van der Waals surface area contributed by atoms with E-state index in [9.17, 15) is 4.79 Å². The zero-order chi connectivity index (χ0) is 12.4. The molecule has 17 heavy (non-hydrogen) atoms. The number of carbonyl (C=O) groups is 1. The summed E-state index contributed by atoms with van der Waals surface area (Å²) >= 11 is 3.38. The molecule has 0 N–H and O–H groups in total. The number of hydrogen-bond acceptors (Lipinski definition) is 3. The van der Waals surface area contributed by atoms with Crippen LogP contribution < -0.4 is 0 Å². The fourth-order valence-corrected chi connectivity index (χ4v) is 2.27. The molecule has 1 atom stereocenters. The van der Waals surface area contributed by atoms with E-state index in [-0.39, 0.29) is 12.0 Å². The lowest BCUT2D eigenvalue weighted by Gasteiger charge is -2.32. The number of carbonyl (C=O) groups excluding carboxylic acids is 1. The first-order valence-corrected chi connectivity index (χ1v) is 6.71. The molecule has 94 valence electrons. The van der Waals surface area contributed by atoms with Gasteiger partial charge in [0.05, 0.1) is 24.5 Å². The van der Waals surface area contributed by atoms with E-state index in [0.29, 0.717) is 25.3 Å². The Balaban J connectivity index is 2.12. The number of nitrogens with zero attached hydrogens (tertiary/aromatic N) is 3. The van der Waals surface area contributed by atoms with Crippen LogP contribution in [0.15, 0.2) is 6.20 Å². The SMILES string of the molecule is Cc1c(C(=O)N2CCOC(CBr)C2)cnn1C. The molecule has 0 saturated carbocycles. The monoisotopic (exact) mass is 301 g/mol. The molecule has 5 nitrogen and oxygen atoms in total. The molecule has 0 aromatic carbocycles. The minimum Gasteiger partial charge on any atom is -0.374 e. The molecule has 1 aromatic rings. The lowest BCUT2D eigenvalue weighted by atomic mass is 10.2. The topological polar surface area (TPSA) is 47.4 Å². The van der Waals surface area contributed by atoms with E-state index in [2.05, 4.69) is 21.0 Å². The molecule has 1 aromatic heterocycles. The maximum Gasteiger partial charge on any atom is 0.257 e. The third-order valence-electron chi connectivity index (χ3n) is 3.06. The molecule has 0 bridgehead atoms. The highest BCUT2D eigenvalue weighted by Gasteiger charge is 2.26. The van der Waals surface area contributed by atoms with Gasteiger partial charge >= 0.3 is 0 Å². The first-order chi connectivity index (χ1) is 8.13. The number of rotatable bonds is 2. The highest BCUT2D eigenvalue weighted by atomic mass is 79.9. The first-order valence-electron chi connectivity index (χ1n) is 5.59. The number of amides is 1. The van der Waals surface area contributed by atoms with Gasteiger partial charge in [-0.2, -0.15) is 5.10 Å². The molecule has 1 aliphatic rings. The second-order valence-corrected chi connectivity index (χ2v) is 4.81. The van der Waals surface area contributed by atoms with Crippen molar-refractivity contribution in [3.05, 3.63) is 17.5 Å². The second kappa shape index (κ2) is 5.18. The zero-order valence-electron chi connectivity index (χ0n) is 10.0. The number of alkyl halides is 1. The molecule has 1 unspecified atom stereocenters. The predicted molar refractivity (Wildman–Crippen MR) is 67.4 cm³/mol. The third kappa shape index (κ3) is 2.52. The molecule has 1 saturated heterocycles. The lowest BCUT2D eigenvalue weighted by molar-refractivity contribution is -0.00968. The maximum absolute atomic E-state index is 12.3. The van der Waals surface area contributed by atoms with E-state index >= 15 is 0 Å². The largest absolute Gasteiger partial charge is 0.374 e. The summed E-state index contributed by atoms with van der Waals surface area (Å²) in [6.07, 6.45) is 1.72. The van der Waals surface area contributed by atoms with Crippen LogP contribution in [0.5, 0.6) is 0 Å². The third-order valence-corrected chi connectivity index (χ3v) is 3.79. The summed E-state index contributed by atoms with van der Waals surface area (Å²) in [6.45, 7) is 3.79. The first kappa shape index (κ1) is 12.6. The van der Waals surface area contributed by atoms with Gasteiger partial charge in [-0.25, -0.2) is 0 Å². The Kier molecular flexibility index (Phi) is 3.83. The van der Waals surface area contributed by atoms with Crippen LogP contribution in [0.25, 0.3) is 0 Å². The van der Waals surface area contributed by atoms with Gasteiger partial charge in [0.25, 0.3) is 5.91 Å². The van der Waals surface area contributed by atoms with Gasteiger partial charge in [-0.1, -0.05) is 15.9 Å². The Bertz CT molecular complexity index is 419. The van der Waals surface area contributed by atoms with Crippen LogP contribution in [0.3, 0.4) is 0 Å². The maximum atomic E-state index is 12.3. The average Bonchev–Trinajstić information content (AvgIpc) is 2.69. The summed E-state index contributed by atoms with van der Waals surface area (Å²) in [5, 5.41) is 4.85. The van der Waals surface area contributed by atoms with Crippen LogP contribution in [0.1, 0.15) is 16.1 Å². The molecule has 6 heteroatoms. The quantitative estimate of drug-likeness (QED) is 0.765. The van der Waals surface area contributed by atoms with Crippen molar-refractivity contribution in [2.75, 3.05) is 25.0 Å². The molecule has 0 aliphatic carbocycles. The fourth-order valence-electron chi connectivity index (χ4n) is 1.88. The molecule has 1 aliphatic heterocycles. The normalized spacial score (nSPS) is 20.6. The van der Waals surface area contributed by atoms with Crippen LogP contribution in [0.2, 0.25) is 0 Å². The van der Waals surface area contributed by atoms with Crippen molar-refractivity contribution < 1.29 is 9.53 Å². The highest BCUT2D eigenvalue weighted by molar-refractivity contribution is 9.09. The van der Waals surface area contributed by atoms with E-state index in [0.717, 1.165) is 11.0 Å². The van der Waals surface area contributed by atoms with Gasteiger partial charge in [0.15, 0.2) is 0 Å². The van der Waals surface area contributed by atoms with Crippen molar-refractivity contribution in [1.82, 2.24) is 14.7 Å². The van der Waals surface area contributed by atoms with Crippen LogP contribution in [0.4, 0.5) is 0 Å². The number of hydrogen-bond donors (Lipinski definition) is 0. The number of aromatic nitrogens is 2. The van der Waals surface area contributed by atoms with E-state index in [1.807, 2.05) is 18.9 Å². The molecule has 1 fully saturated rings. The molecule has 2 heterocycles. The van der Waals surface area contributed by atoms with Gasteiger partial charge in [0.2, 0.25) is 0 Å². The predicted octanol–water partition coefficient (Wildman–Crippen LogP) is 0.964. The van der Waals surface area contributed by atoms with Gasteiger partial charge in [-0.3, -0.25) is 9.48 Å². The Labute approximate surface area is 109 Å². The van der Waals surface area contributed by atoms with Crippen molar-refractivity contribution in [3.8, 4) is 0 Å². The summed E-state index contributed by atoms with van der Waals surface area (Å²) in [5.41, 5.74) is 1.58. The Morgan fingerprint density at radius 3 is 3.06 bits per heavy atom. The summed E-state index contributed by atoms with van der Waals surface area (Å²) < 4.78 is 7.24. The number of ether oxygens (including phenoxy) is 1. The Hall–Kier alpha value is -0.880. The van der Waals surface area contributed by atoms with Gasteiger partial charge < -0.3 is 9.64 Å². The summed E-state index contributed by atoms with van der Waals surface area (Å²) in [7, 11) is 1.84. The standard InChI is InChI=1S/C11H16BrN3O2/c1-8-10(6-13-14(8)2)11(16)15-3-4-17-9(5-12)7-15/h6,9H,3-5,7H2,1-2H3. The summed E-state index contributed by atoms with van der Waals surface area (Å²) in [6, 6.07) is 0. The number of aryl methyl sites for hydroxylation is 1. The minimum absolute atomic E-state index is 0.0462.